The van der Waals surface area contributed by atoms with Crippen molar-refractivity contribution in [1.82, 2.24) is 10.2 Å². The molecule has 1 heterocycles. The van der Waals surface area contributed by atoms with Crippen LogP contribution < -0.4 is 15.8 Å². The highest BCUT2D eigenvalue weighted by molar-refractivity contribution is 5.92. The zero-order valence-electron chi connectivity index (χ0n) is 11.7. The topological polar surface area (TPSA) is 84.7 Å². The van der Waals surface area contributed by atoms with Crippen molar-refractivity contribution in [2.45, 2.75) is 6.42 Å². The van der Waals surface area contributed by atoms with Gasteiger partial charge in [-0.15, -0.1) is 12.4 Å². The molecule has 116 valence electrons. The Morgan fingerprint density at radius 1 is 1.19 bits per heavy atom. The molecule has 1 saturated heterocycles. The van der Waals surface area contributed by atoms with Gasteiger partial charge in [-0.05, 0) is 24.3 Å². The van der Waals surface area contributed by atoms with Crippen molar-refractivity contribution in [3.05, 3.63) is 29.8 Å². The fourth-order valence-electron chi connectivity index (χ4n) is 2.04. The molecule has 21 heavy (non-hydrogen) atoms. The van der Waals surface area contributed by atoms with Crippen molar-refractivity contribution in [2.24, 2.45) is 5.73 Å². The first-order valence-electron chi connectivity index (χ1n) is 6.68. The number of benzene rings is 1. The van der Waals surface area contributed by atoms with E-state index >= 15 is 0 Å². The minimum absolute atomic E-state index is 0. The summed E-state index contributed by atoms with van der Waals surface area (Å²) in [6.45, 7) is 3.54. The molecule has 3 N–H and O–H groups in total. The fraction of sp³-hybridized carbons (Fsp3) is 0.429. The number of nitrogens with zero attached hydrogens (tertiary/aromatic N) is 1. The van der Waals surface area contributed by atoms with Crippen LogP contribution in [0.2, 0.25) is 0 Å². The third kappa shape index (κ3) is 5.24. The number of halogens is 1. The molecule has 0 unspecified atom stereocenters. The summed E-state index contributed by atoms with van der Waals surface area (Å²) in [5, 5.41) is 3.20. The molecule has 0 radical (unpaired) electrons. The zero-order chi connectivity index (χ0) is 14.4. The first-order chi connectivity index (χ1) is 9.66. The van der Waals surface area contributed by atoms with Gasteiger partial charge in [0.05, 0.1) is 13.0 Å². The van der Waals surface area contributed by atoms with E-state index in [1.165, 1.54) is 0 Å². The molecule has 0 atom stereocenters. The second-order valence-corrected chi connectivity index (χ2v) is 4.62. The molecule has 2 amide bonds. The molecule has 0 saturated carbocycles. The lowest BCUT2D eigenvalue weighted by atomic mass is 10.2. The molecule has 1 aromatic rings. The summed E-state index contributed by atoms with van der Waals surface area (Å²) in [5.74, 6) is 0.272. The summed E-state index contributed by atoms with van der Waals surface area (Å²) in [6, 6.07) is 6.57. The van der Waals surface area contributed by atoms with Crippen LogP contribution in [0.5, 0.6) is 5.75 Å². The Morgan fingerprint density at radius 3 is 2.38 bits per heavy atom. The van der Waals surface area contributed by atoms with E-state index in [2.05, 4.69) is 5.32 Å². The van der Waals surface area contributed by atoms with Crippen LogP contribution in [0, 0.1) is 0 Å². The highest BCUT2D eigenvalue weighted by Crippen LogP contribution is 2.12. The van der Waals surface area contributed by atoms with Crippen LogP contribution in [0.4, 0.5) is 0 Å². The number of carbonyl (C=O) groups is 2. The number of carbonyl (C=O) groups excluding carboxylic acids is 2. The number of ether oxygens (including phenoxy) is 1. The van der Waals surface area contributed by atoms with Gasteiger partial charge < -0.3 is 20.7 Å². The average Bonchev–Trinajstić information content (AvgIpc) is 2.48. The number of hydrogen-bond donors (Lipinski definition) is 2. The molecule has 0 spiro atoms. The highest BCUT2D eigenvalue weighted by atomic mass is 35.5. The molecule has 6 nitrogen and oxygen atoms in total. The lowest BCUT2D eigenvalue weighted by molar-refractivity contribution is -0.132. The molecule has 1 aromatic carbocycles. The van der Waals surface area contributed by atoms with Crippen LogP contribution in [-0.2, 0) is 4.79 Å². The number of primary amides is 1. The van der Waals surface area contributed by atoms with Crippen LogP contribution in [0.15, 0.2) is 24.3 Å². The number of amides is 2. The standard InChI is InChI=1S/C14H19N3O3.ClH/c15-14(19)11-1-3-12(4-2-11)20-10-5-13(18)17-8-6-16-7-9-17;/h1-4,16H,5-10H2,(H2,15,19);1H. The van der Waals surface area contributed by atoms with Crippen LogP contribution in [-0.4, -0.2) is 49.5 Å². The second-order valence-electron chi connectivity index (χ2n) is 4.62. The van der Waals surface area contributed by atoms with Gasteiger partial charge in [-0.1, -0.05) is 0 Å². The fourth-order valence-corrected chi connectivity index (χ4v) is 2.04. The first kappa shape index (κ1) is 17.3. The minimum Gasteiger partial charge on any atom is -0.493 e. The van der Waals surface area contributed by atoms with Crippen molar-refractivity contribution >= 4 is 24.2 Å². The van der Waals surface area contributed by atoms with Gasteiger partial charge in [0.25, 0.3) is 0 Å². The van der Waals surface area contributed by atoms with E-state index in [9.17, 15) is 9.59 Å². The minimum atomic E-state index is -0.467. The molecule has 1 aliphatic rings. The Kier molecular flexibility index (Phi) is 6.98. The average molecular weight is 314 g/mol. The van der Waals surface area contributed by atoms with E-state index in [-0.39, 0.29) is 18.3 Å². The van der Waals surface area contributed by atoms with Crippen molar-refractivity contribution in [2.75, 3.05) is 32.8 Å². The Balaban J connectivity index is 0.00000220. The Bertz CT molecular complexity index is 473. The van der Waals surface area contributed by atoms with Crippen LogP contribution in [0.3, 0.4) is 0 Å². The Morgan fingerprint density at radius 2 is 1.81 bits per heavy atom. The summed E-state index contributed by atoms with van der Waals surface area (Å²) in [6.07, 6.45) is 0.359. The summed E-state index contributed by atoms with van der Waals surface area (Å²) in [5.41, 5.74) is 5.59. The van der Waals surface area contributed by atoms with Crippen molar-refractivity contribution in [3.8, 4) is 5.75 Å². The van der Waals surface area contributed by atoms with Gasteiger partial charge in [-0.25, -0.2) is 0 Å². The molecule has 0 aliphatic carbocycles. The van der Waals surface area contributed by atoms with Crippen molar-refractivity contribution in [1.29, 1.82) is 0 Å². The molecule has 7 heteroatoms. The molecule has 1 aliphatic heterocycles. The van der Waals surface area contributed by atoms with Gasteiger partial charge in [0.1, 0.15) is 5.75 Å². The third-order valence-corrected chi connectivity index (χ3v) is 3.19. The highest BCUT2D eigenvalue weighted by Gasteiger charge is 2.15. The summed E-state index contributed by atoms with van der Waals surface area (Å²) in [4.78, 5) is 24.6. The first-order valence-corrected chi connectivity index (χ1v) is 6.68. The number of rotatable bonds is 5. The van der Waals surface area contributed by atoms with E-state index in [1.54, 1.807) is 24.3 Å². The maximum atomic E-state index is 11.9. The van der Waals surface area contributed by atoms with Gasteiger partial charge in [0.2, 0.25) is 11.8 Å². The maximum absolute atomic E-state index is 11.9. The maximum Gasteiger partial charge on any atom is 0.248 e. The number of piperazine rings is 1. The summed E-state index contributed by atoms with van der Waals surface area (Å²) >= 11 is 0. The lowest BCUT2D eigenvalue weighted by Gasteiger charge is -2.27. The van der Waals surface area contributed by atoms with Crippen molar-refractivity contribution < 1.29 is 14.3 Å². The third-order valence-electron chi connectivity index (χ3n) is 3.19. The monoisotopic (exact) mass is 313 g/mol. The molecule has 0 bridgehead atoms. The normalized spacial score (nSPS) is 14.2. The van der Waals surface area contributed by atoms with E-state index in [0.29, 0.717) is 24.3 Å². The van der Waals surface area contributed by atoms with E-state index in [1.807, 2.05) is 4.90 Å². The van der Waals surface area contributed by atoms with Gasteiger partial charge >= 0.3 is 0 Å². The molecular formula is C14H20ClN3O3. The quantitative estimate of drug-likeness (QED) is 0.824. The second kappa shape index (κ2) is 8.49. The Labute approximate surface area is 130 Å². The van der Waals surface area contributed by atoms with Crippen LogP contribution in [0.25, 0.3) is 0 Å². The predicted molar refractivity (Wildman–Crippen MR) is 81.8 cm³/mol. The molecule has 0 aromatic heterocycles. The Hall–Kier alpha value is -1.79. The molecule has 2 rings (SSSR count). The van der Waals surface area contributed by atoms with E-state index in [0.717, 1.165) is 26.2 Å². The summed E-state index contributed by atoms with van der Waals surface area (Å²) < 4.78 is 5.49. The number of nitrogens with two attached hydrogens (primary N) is 1. The smallest absolute Gasteiger partial charge is 0.248 e. The SMILES string of the molecule is Cl.NC(=O)c1ccc(OCCC(=O)N2CCNCC2)cc1. The molecule has 1 fully saturated rings. The lowest BCUT2D eigenvalue weighted by Crippen LogP contribution is -2.46. The van der Waals surface area contributed by atoms with Gasteiger partial charge in [-0.3, -0.25) is 9.59 Å². The van der Waals surface area contributed by atoms with Crippen LogP contribution in [0.1, 0.15) is 16.8 Å². The van der Waals surface area contributed by atoms with Crippen molar-refractivity contribution in [3.63, 3.8) is 0 Å². The zero-order valence-corrected chi connectivity index (χ0v) is 12.5. The predicted octanol–water partition coefficient (Wildman–Crippen LogP) is 0.408. The number of nitrogens with one attached hydrogen (secondary N) is 1. The van der Waals surface area contributed by atoms with E-state index in [4.69, 9.17) is 10.5 Å². The van der Waals surface area contributed by atoms with E-state index < -0.39 is 5.91 Å². The molecular weight excluding hydrogens is 294 g/mol. The summed E-state index contributed by atoms with van der Waals surface area (Å²) in [7, 11) is 0. The van der Waals surface area contributed by atoms with Crippen LogP contribution >= 0.6 is 12.4 Å². The van der Waals surface area contributed by atoms with Gasteiger partial charge in [0.15, 0.2) is 0 Å². The van der Waals surface area contributed by atoms with Gasteiger partial charge in [0, 0.05) is 31.7 Å². The van der Waals surface area contributed by atoms with Gasteiger partial charge in [-0.2, -0.15) is 0 Å². The largest absolute Gasteiger partial charge is 0.493 e. The number of hydrogen-bond acceptors (Lipinski definition) is 4.